The van der Waals surface area contributed by atoms with Gasteiger partial charge in [0.1, 0.15) is 10.8 Å². The lowest BCUT2D eigenvalue weighted by molar-refractivity contribution is -0.124. The van der Waals surface area contributed by atoms with Crippen LogP contribution >= 0.6 is 28.1 Å². The third kappa shape index (κ3) is 3.01. The summed E-state index contributed by atoms with van der Waals surface area (Å²) in [5, 5.41) is 7.64. The molecule has 3 nitrogen and oxygen atoms in total. The quantitative estimate of drug-likeness (QED) is 0.437. The van der Waals surface area contributed by atoms with Gasteiger partial charge in [0, 0.05) is 22.5 Å². The Hall–Kier alpha value is -1.42. The second-order valence-electron chi connectivity index (χ2n) is 6.94. The van der Waals surface area contributed by atoms with Crippen molar-refractivity contribution in [2.45, 2.75) is 32.6 Å². The molecule has 118 valence electrons. The highest BCUT2D eigenvalue weighted by atomic mass is 79.9. The first-order chi connectivity index (χ1) is 10.8. The van der Waals surface area contributed by atoms with Gasteiger partial charge in [-0.3, -0.25) is 10.2 Å². The van der Waals surface area contributed by atoms with Crippen LogP contribution in [0.2, 0.25) is 0 Å². The molecule has 0 radical (unpaired) electrons. The van der Waals surface area contributed by atoms with Crippen molar-refractivity contribution in [2.75, 3.05) is 0 Å². The third-order valence-electron chi connectivity index (χ3n) is 4.50. The lowest BCUT2D eigenvalue weighted by Crippen LogP contribution is -2.44. The predicted octanol–water partition coefficient (Wildman–Crippen LogP) is 4.49. The molecule has 23 heavy (non-hydrogen) atoms. The largest absolute Gasteiger partial charge is 0.299 e. The van der Waals surface area contributed by atoms with Gasteiger partial charge >= 0.3 is 0 Å². The summed E-state index contributed by atoms with van der Waals surface area (Å²) in [6, 6.07) is 7.85. The molecule has 5 heteroatoms. The maximum atomic E-state index is 12.8. The molecule has 1 aliphatic carbocycles. The van der Waals surface area contributed by atoms with Gasteiger partial charge in [-0.25, -0.2) is 4.99 Å². The first-order valence-electron chi connectivity index (χ1n) is 7.52. The number of halogens is 1. The number of carbonyl (C=O) groups excluding carboxylic acids is 1. The predicted molar refractivity (Wildman–Crippen MR) is 99.7 cm³/mol. The Morgan fingerprint density at radius 3 is 2.52 bits per heavy atom. The van der Waals surface area contributed by atoms with E-state index in [9.17, 15) is 4.79 Å². The van der Waals surface area contributed by atoms with Gasteiger partial charge in [-0.2, -0.15) is 0 Å². The van der Waals surface area contributed by atoms with E-state index in [0.717, 1.165) is 22.2 Å². The van der Waals surface area contributed by atoms with Crippen molar-refractivity contribution < 1.29 is 4.79 Å². The number of nitrogens with one attached hydrogen (secondary N) is 1. The van der Waals surface area contributed by atoms with Crippen LogP contribution in [0.1, 0.15) is 38.2 Å². The molecule has 0 spiro atoms. The van der Waals surface area contributed by atoms with E-state index in [1.807, 2.05) is 24.3 Å². The van der Waals surface area contributed by atoms with Gasteiger partial charge in [0.05, 0.1) is 11.5 Å². The molecule has 0 amide bonds. The van der Waals surface area contributed by atoms with Crippen molar-refractivity contribution in [2.24, 2.45) is 16.3 Å². The Morgan fingerprint density at radius 1 is 1.26 bits per heavy atom. The summed E-state index contributed by atoms with van der Waals surface area (Å²) in [6.07, 6.45) is 1.30. The number of hydrogen-bond donors (Lipinski definition) is 1. The number of thiocarbonyl (C=S) groups is 1. The van der Waals surface area contributed by atoms with Gasteiger partial charge in [-0.1, -0.05) is 54.1 Å². The van der Waals surface area contributed by atoms with Crippen LogP contribution in [0.25, 0.3) is 0 Å². The fraction of sp³-hybridized carbons (Fsp3) is 0.389. The average molecular weight is 389 g/mol. The van der Waals surface area contributed by atoms with Gasteiger partial charge < -0.3 is 0 Å². The summed E-state index contributed by atoms with van der Waals surface area (Å²) >= 11 is 8.82. The highest BCUT2D eigenvalue weighted by molar-refractivity contribution is 9.10. The molecule has 1 N–H and O–H groups in total. The summed E-state index contributed by atoms with van der Waals surface area (Å²) in [7, 11) is 0. The summed E-state index contributed by atoms with van der Waals surface area (Å²) in [5.41, 5.74) is 2.31. The van der Waals surface area contributed by atoms with Crippen molar-refractivity contribution in [3.8, 4) is 0 Å². The van der Waals surface area contributed by atoms with Crippen LogP contribution in [0.5, 0.6) is 0 Å². The van der Waals surface area contributed by atoms with Crippen LogP contribution in [-0.4, -0.2) is 22.4 Å². The molecule has 0 bridgehead atoms. The molecule has 1 saturated carbocycles. The van der Waals surface area contributed by atoms with Gasteiger partial charge in [0.15, 0.2) is 0 Å². The maximum absolute atomic E-state index is 12.8. The number of ketones is 1. The summed E-state index contributed by atoms with van der Waals surface area (Å²) < 4.78 is 0.977. The monoisotopic (exact) mass is 388 g/mol. The fourth-order valence-corrected chi connectivity index (χ4v) is 4.13. The molecule has 1 aliphatic heterocycles. The number of carbonyl (C=O) groups is 1. The molecule has 1 aromatic carbocycles. The van der Waals surface area contributed by atoms with Crippen LogP contribution in [0, 0.1) is 16.7 Å². The number of rotatable bonds is 1. The van der Waals surface area contributed by atoms with Gasteiger partial charge in [-0.15, -0.1) is 0 Å². The minimum absolute atomic E-state index is 0.0851. The second kappa shape index (κ2) is 5.90. The minimum atomic E-state index is -0.316. The minimum Gasteiger partial charge on any atom is -0.299 e. The van der Waals surface area contributed by atoms with Crippen molar-refractivity contribution in [3.05, 3.63) is 39.9 Å². The summed E-state index contributed by atoms with van der Waals surface area (Å²) in [5.74, 6) is 2.07. The van der Waals surface area contributed by atoms with Gasteiger partial charge in [0.25, 0.3) is 0 Å². The first-order valence-corrected chi connectivity index (χ1v) is 8.72. The zero-order valence-corrected chi connectivity index (χ0v) is 15.4. The molecule has 3 rings (SSSR count). The van der Waals surface area contributed by atoms with Crippen LogP contribution < -0.4 is 0 Å². The van der Waals surface area contributed by atoms with Crippen molar-refractivity contribution >= 4 is 50.5 Å². The van der Waals surface area contributed by atoms with Crippen LogP contribution in [0.4, 0.5) is 0 Å². The second-order valence-corrected chi connectivity index (χ2v) is 8.24. The van der Waals surface area contributed by atoms with Crippen molar-refractivity contribution in [1.29, 1.82) is 5.41 Å². The topological polar surface area (TPSA) is 53.3 Å². The molecule has 2 aliphatic rings. The normalized spacial score (nSPS) is 26.4. The Labute approximate surface area is 149 Å². The van der Waals surface area contributed by atoms with E-state index in [2.05, 4.69) is 40.6 Å². The Balaban J connectivity index is 2.15. The summed E-state index contributed by atoms with van der Waals surface area (Å²) in [6.45, 7) is 4.17. The molecule has 0 aromatic heterocycles. The molecular weight excluding hydrogens is 372 g/mol. The molecule has 2 atom stereocenters. The molecular formula is C18H17BrN2OS. The Morgan fingerprint density at radius 2 is 1.91 bits per heavy atom. The van der Waals surface area contributed by atoms with E-state index in [1.54, 1.807) is 0 Å². The van der Waals surface area contributed by atoms with E-state index >= 15 is 0 Å². The molecule has 1 fully saturated rings. The highest BCUT2D eigenvalue weighted by Gasteiger charge is 2.46. The number of Topliss-reactive ketones (excluding diaryl/α,β-unsaturated/α-hetero) is 1. The van der Waals surface area contributed by atoms with Crippen LogP contribution in [-0.2, 0) is 4.79 Å². The van der Waals surface area contributed by atoms with Crippen LogP contribution in [0.3, 0.4) is 0 Å². The van der Waals surface area contributed by atoms with Gasteiger partial charge in [-0.05, 0) is 35.4 Å². The summed E-state index contributed by atoms with van der Waals surface area (Å²) in [4.78, 5) is 17.7. The zero-order chi connectivity index (χ0) is 16.8. The average Bonchev–Trinajstić information content (AvgIpc) is 2.45. The smallest absolute Gasteiger partial charge is 0.143 e. The van der Waals surface area contributed by atoms with E-state index in [1.165, 1.54) is 0 Å². The zero-order valence-electron chi connectivity index (χ0n) is 13.0. The number of hydrogen-bond acceptors (Lipinski definition) is 3. The lowest BCUT2D eigenvalue weighted by atomic mass is 9.63. The lowest BCUT2D eigenvalue weighted by Gasteiger charge is -2.40. The van der Waals surface area contributed by atoms with E-state index in [0.29, 0.717) is 17.0 Å². The fourth-order valence-electron chi connectivity index (χ4n) is 3.57. The van der Waals surface area contributed by atoms with Crippen molar-refractivity contribution in [1.82, 2.24) is 0 Å². The van der Waals surface area contributed by atoms with E-state index in [-0.39, 0.29) is 23.0 Å². The van der Waals surface area contributed by atoms with E-state index < -0.39 is 0 Å². The molecule has 1 aromatic rings. The Kier molecular flexibility index (Phi) is 4.21. The molecule has 0 saturated heterocycles. The number of benzene rings is 1. The standard InChI is InChI=1S/C18H17BrN2OS/c1-18(2)7-13-16(14(22)8-18)15(12(9-20)17(23)21-13)10-3-5-11(19)6-4-10/h3-6,15-16,20H,7-8H2,1-2H3/t15-,16?/m0/s1. The first kappa shape index (κ1) is 16.4. The maximum Gasteiger partial charge on any atom is 0.143 e. The highest BCUT2D eigenvalue weighted by Crippen LogP contribution is 2.45. The number of aliphatic imine (C=N–C) groups is 1. The van der Waals surface area contributed by atoms with Crippen molar-refractivity contribution in [3.63, 3.8) is 0 Å². The molecule has 1 heterocycles. The third-order valence-corrected chi connectivity index (χ3v) is 5.34. The SMILES string of the molecule is CC1(C)CC(=O)C2C(=NC(=S)C(=C=N)[C@@H]2c2ccc(Br)cc2)C1. The number of nitrogens with zero attached hydrogens (tertiary/aromatic N) is 1. The number of fused-ring (bicyclic) bond motifs is 1. The van der Waals surface area contributed by atoms with E-state index in [4.69, 9.17) is 17.6 Å². The Bertz CT molecular complexity index is 773. The van der Waals surface area contributed by atoms with Gasteiger partial charge in [0.2, 0.25) is 0 Å². The van der Waals surface area contributed by atoms with Crippen LogP contribution in [0.15, 0.2) is 39.3 Å². The molecule has 1 unspecified atom stereocenters.